The van der Waals surface area contributed by atoms with Crippen LogP contribution in [0.2, 0.25) is 0 Å². The van der Waals surface area contributed by atoms with Gasteiger partial charge in [0.2, 0.25) is 0 Å². The van der Waals surface area contributed by atoms with Gasteiger partial charge in [-0.2, -0.15) is 0 Å². The second kappa shape index (κ2) is 12.4. The first-order chi connectivity index (χ1) is 28.2. The van der Waals surface area contributed by atoms with Crippen molar-refractivity contribution in [1.29, 1.82) is 0 Å². The summed E-state index contributed by atoms with van der Waals surface area (Å²) in [5, 5.41) is 10.3. The molecule has 0 saturated carbocycles. The fourth-order valence-corrected chi connectivity index (χ4v) is 8.60. The average molecular weight is 733 g/mol. The minimum absolute atomic E-state index is 0.299. The normalized spacial score (nSPS) is 14.5. The molecule has 6 heteroatoms. The molecule has 268 valence electrons. The Morgan fingerprint density at radius 3 is 1.77 bits per heavy atom. The Hall–Kier alpha value is -7.70. The third-order valence-corrected chi connectivity index (χ3v) is 11.3. The summed E-state index contributed by atoms with van der Waals surface area (Å²) in [6.45, 7) is 0. The SMILES string of the molecule is c1ccc(C2=NC(c3ccccc3)NC(c3ccc4c(c3)c3cc(-c5cccc6c5oc5ccccc56)ccc3n4-c3cccc4c3oc3ccccc34)=N2)cc1. The average Bonchev–Trinajstić information content (AvgIpc) is 3.96. The van der Waals surface area contributed by atoms with E-state index in [2.05, 4.69) is 131 Å². The van der Waals surface area contributed by atoms with Crippen LogP contribution in [0.3, 0.4) is 0 Å². The van der Waals surface area contributed by atoms with E-state index in [0.717, 1.165) is 105 Å². The highest BCUT2D eigenvalue weighted by atomic mass is 16.3. The lowest BCUT2D eigenvalue weighted by Crippen LogP contribution is -2.33. The van der Waals surface area contributed by atoms with Crippen molar-refractivity contribution >= 4 is 77.4 Å². The molecule has 0 saturated heterocycles. The summed E-state index contributed by atoms with van der Waals surface area (Å²) < 4.78 is 15.5. The number of furan rings is 2. The van der Waals surface area contributed by atoms with E-state index >= 15 is 0 Å². The van der Waals surface area contributed by atoms with Crippen molar-refractivity contribution in [3.05, 3.63) is 199 Å². The van der Waals surface area contributed by atoms with Gasteiger partial charge in [0.25, 0.3) is 0 Å². The molecular formula is C51H32N4O2. The molecule has 0 spiro atoms. The van der Waals surface area contributed by atoms with Crippen molar-refractivity contribution in [1.82, 2.24) is 9.88 Å². The summed E-state index contributed by atoms with van der Waals surface area (Å²) in [7, 11) is 0. The van der Waals surface area contributed by atoms with E-state index in [1.807, 2.05) is 60.7 Å². The quantitative estimate of drug-likeness (QED) is 0.192. The molecule has 3 aromatic heterocycles. The number of aromatic nitrogens is 1. The fourth-order valence-electron chi connectivity index (χ4n) is 8.60. The lowest BCUT2D eigenvalue weighted by molar-refractivity contribution is 0.666. The van der Waals surface area contributed by atoms with E-state index in [0.29, 0.717) is 5.84 Å². The maximum Gasteiger partial charge on any atom is 0.159 e. The van der Waals surface area contributed by atoms with E-state index < -0.39 is 0 Å². The van der Waals surface area contributed by atoms with Gasteiger partial charge in [0.15, 0.2) is 11.4 Å². The van der Waals surface area contributed by atoms with Crippen LogP contribution in [-0.2, 0) is 0 Å². The molecule has 8 aromatic carbocycles. The van der Waals surface area contributed by atoms with Crippen molar-refractivity contribution in [2.75, 3.05) is 0 Å². The van der Waals surface area contributed by atoms with E-state index in [9.17, 15) is 0 Å². The molecular weight excluding hydrogens is 701 g/mol. The maximum absolute atomic E-state index is 6.63. The third-order valence-electron chi connectivity index (χ3n) is 11.3. The standard InChI is InChI=1S/C51H32N4O2/c1-3-13-31(14-4-1)49-52-50(32-15-5-2-6-16-32)54-51(53-49)34-26-28-43-41(30-34)40-29-33(35-19-11-20-38-36-17-7-9-23-45(36)56-47(35)38)25-27-42(40)55(43)44-22-12-21-39-37-18-8-10-24-46(37)57-48(39)44/h1-30,49H,(H,52,53,54). The molecule has 57 heavy (non-hydrogen) atoms. The van der Waals surface area contributed by atoms with Crippen LogP contribution in [0.4, 0.5) is 0 Å². The zero-order valence-electron chi connectivity index (χ0n) is 30.6. The van der Waals surface area contributed by atoms with Gasteiger partial charge in [-0.15, -0.1) is 0 Å². The van der Waals surface area contributed by atoms with Gasteiger partial charge in [0, 0.05) is 49.0 Å². The van der Waals surface area contributed by atoms with E-state index in [1.54, 1.807) is 0 Å². The van der Waals surface area contributed by atoms with Crippen LogP contribution in [-0.4, -0.2) is 16.2 Å². The second-order valence-corrected chi connectivity index (χ2v) is 14.6. The summed E-state index contributed by atoms with van der Waals surface area (Å²) in [4.78, 5) is 10.2. The van der Waals surface area contributed by atoms with Gasteiger partial charge in [0.05, 0.1) is 16.7 Å². The Morgan fingerprint density at radius 2 is 1.04 bits per heavy atom. The molecule has 0 amide bonds. The number of hydrogen-bond acceptors (Lipinski definition) is 5. The monoisotopic (exact) mass is 732 g/mol. The van der Waals surface area contributed by atoms with Crippen molar-refractivity contribution in [2.24, 2.45) is 9.98 Å². The minimum Gasteiger partial charge on any atom is -0.455 e. The number of rotatable bonds is 5. The molecule has 1 aliphatic heterocycles. The highest BCUT2D eigenvalue weighted by Crippen LogP contribution is 2.42. The van der Waals surface area contributed by atoms with Crippen molar-refractivity contribution in [3.63, 3.8) is 0 Å². The Morgan fingerprint density at radius 1 is 0.456 bits per heavy atom. The van der Waals surface area contributed by atoms with Crippen LogP contribution in [0.15, 0.2) is 201 Å². The molecule has 11 aromatic rings. The Bertz CT molecular complexity index is 3440. The van der Waals surface area contributed by atoms with Crippen LogP contribution in [0, 0.1) is 0 Å². The number of aliphatic imine (C=N–C) groups is 2. The van der Waals surface area contributed by atoms with Crippen molar-refractivity contribution in [3.8, 4) is 16.8 Å². The Labute approximate surface area is 326 Å². The number of para-hydroxylation sites is 4. The number of nitrogens with one attached hydrogen (secondary N) is 1. The molecule has 1 aliphatic rings. The van der Waals surface area contributed by atoms with Crippen LogP contribution >= 0.6 is 0 Å². The number of fused-ring (bicyclic) bond motifs is 9. The predicted molar refractivity (Wildman–Crippen MR) is 233 cm³/mol. The molecule has 6 nitrogen and oxygen atoms in total. The number of hydrogen-bond donors (Lipinski definition) is 1. The first-order valence-corrected chi connectivity index (χ1v) is 19.2. The molecule has 1 atom stereocenters. The zero-order valence-corrected chi connectivity index (χ0v) is 30.6. The van der Waals surface area contributed by atoms with Gasteiger partial charge >= 0.3 is 0 Å². The molecule has 1 N–H and O–H groups in total. The predicted octanol–water partition coefficient (Wildman–Crippen LogP) is 12.7. The van der Waals surface area contributed by atoms with Crippen LogP contribution in [0.1, 0.15) is 22.9 Å². The summed E-state index contributed by atoms with van der Waals surface area (Å²) in [5.74, 6) is 1.46. The van der Waals surface area contributed by atoms with Crippen molar-refractivity contribution in [2.45, 2.75) is 6.17 Å². The van der Waals surface area contributed by atoms with Crippen LogP contribution in [0.25, 0.3) is 82.5 Å². The van der Waals surface area contributed by atoms with Crippen LogP contribution in [0.5, 0.6) is 0 Å². The Balaban J connectivity index is 1.10. The molecule has 12 rings (SSSR count). The minimum atomic E-state index is -0.299. The topological polar surface area (TPSA) is 68.0 Å². The molecule has 0 aliphatic carbocycles. The van der Waals surface area contributed by atoms with E-state index in [4.69, 9.17) is 18.8 Å². The largest absolute Gasteiger partial charge is 0.455 e. The maximum atomic E-state index is 6.63. The number of nitrogens with zero attached hydrogens (tertiary/aromatic N) is 3. The van der Waals surface area contributed by atoms with Gasteiger partial charge in [0.1, 0.15) is 28.8 Å². The van der Waals surface area contributed by atoms with Gasteiger partial charge in [-0.1, -0.05) is 133 Å². The van der Waals surface area contributed by atoms with E-state index in [1.165, 1.54) is 0 Å². The molecule has 0 radical (unpaired) electrons. The number of amidine groups is 2. The lowest BCUT2D eigenvalue weighted by Gasteiger charge is -2.23. The third kappa shape index (κ3) is 4.97. The summed E-state index contributed by atoms with van der Waals surface area (Å²) in [6, 6.07) is 63.2. The highest BCUT2D eigenvalue weighted by Gasteiger charge is 2.24. The molecule has 4 heterocycles. The highest BCUT2D eigenvalue weighted by molar-refractivity contribution is 6.18. The summed E-state index contributed by atoms with van der Waals surface area (Å²) in [5.41, 5.74) is 11.7. The first-order valence-electron chi connectivity index (χ1n) is 19.2. The zero-order chi connectivity index (χ0) is 37.5. The smallest absolute Gasteiger partial charge is 0.159 e. The second-order valence-electron chi connectivity index (χ2n) is 14.6. The van der Waals surface area contributed by atoms with Gasteiger partial charge in [-0.3, -0.25) is 0 Å². The molecule has 1 unspecified atom stereocenters. The Kier molecular flexibility index (Phi) is 6.89. The lowest BCUT2D eigenvalue weighted by atomic mass is 10.00. The van der Waals surface area contributed by atoms with E-state index in [-0.39, 0.29) is 6.17 Å². The van der Waals surface area contributed by atoms with Gasteiger partial charge < -0.3 is 18.7 Å². The van der Waals surface area contributed by atoms with Gasteiger partial charge in [-0.05, 0) is 59.7 Å². The fraction of sp³-hybridized carbons (Fsp3) is 0.0196. The summed E-state index contributed by atoms with van der Waals surface area (Å²) in [6.07, 6.45) is -0.299. The van der Waals surface area contributed by atoms with Crippen LogP contribution < -0.4 is 5.32 Å². The van der Waals surface area contributed by atoms with Crippen molar-refractivity contribution < 1.29 is 8.83 Å². The summed E-state index contributed by atoms with van der Waals surface area (Å²) >= 11 is 0. The molecule has 0 fully saturated rings. The first kappa shape index (κ1) is 31.6. The molecule has 0 bridgehead atoms. The number of benzene rings is 8. The van der Waals surface area contributed by atoms with Gasteiger partial charge in [-0.25, -0.2) is 9.98 Å².